The molecule has 44 heavy (non-hydrogen) atoms. The van der Waals surface area contributed by atoms with E-state index in [0.717, 1.165) is 22.3 Å². The van der Waals surface area contributed by atoms with Crippen molar-refractivity contribution >= 4 is 34.8 Å². The zero-order valence-corrected chi connectivity index (χ0v) is 24.3. The van der Waals surface area contributed by atoms with E-state index in [1.165, 1.54) is 14.0 Å². The summed E-state index contributed by atoms with van der Waals surface area (Å²) in [5.41, 5.74) is 4.68. The second kappa shape index (κ2) is 11.9. The first-order valence-corrected chi connectivity index (χ1v) is 14.2. The van der Waals surface area contributed by atoms with Crippen LogP contribution in [0.15, 0.2) is 127 Å². The first-order valence-electron chi connectivity index (χ1n) is 14.2. The van der Waals surface area contributed by atoms with Crippen molar-refractivity contribution in [1.82, 2.24) is 9.78 Å². The Bertz CT molecular complexity index is 1900. The fourth-order valence-corrected chi connectivity index (χ4v) is 5.90. The van der Waals surface area contributed by atoms with Crippen LogP contribution in [0.25, 0.3) is 23.1 Å². The lowest BCUT2D eigenvalue weighted by Gasteiger charge is -2.37. The SMILES string of the molecule is COc1c(C(=O)O)ccc2c1c(/C=C/c1cccc(C(C)=O)c1)nn2C(c1ccccc1)(c1ccccc1)c1ccccc1. The molecule has 0 unspecified atom stereocenters. The van der Waals surface area contributed by atoms with Gasteiger partial charge in [0.2, 0.25) is 0 Å². The van der Waals surface area contributed by atoms with E-state index in [1.807, 2.05) is 89.6 Å². The molecule has 6 nitrogen and oxygen atoms in total. The van der Waals surface area contributed by atoms with E-state index < -0.39 is 11.5 Å². The first-order chi connectivity index (χ1) is 21.4. The zero-order valence-electron chi connectivity index (χ0n) is 24.3. The zero-order chi connectivity index (χ0) is 30.7. The van der Waals surface area contributed by atoms with Gasteiger partial charge in [-0.05, 0) is 53.5 Å². The summed E-state index contributed by atoms with van der Waals surface area (Å²) in [6.45, 7) is 1.53. The largest absolute Gasteiger partial charge is 0.495 e. The summed E-state index contributed by atoms with van der Waals surface area (Å²) in [4.78, 5) is 24.4. The van der Waals surface area contributed by atoms with Crippen molar-refractivity contribution in [3.63, 3.8) is 0 Å². The highest BCUT2D eigenvalue weighted by Gasteiger charge is 2.41. The summed E-state index contributed by atoms with van der Waals surface area (Å²) in [7, 11) is 1.47. The molecule has 1 N–H and O–H groups in total. The van der Waals surface area contributed by atoms with Gasteiger partial charge < -0.3 is 9.84 Å². The third-order valence-corrected chi connectivity index (χ3v) is 7.88. The van der Waals surface area contributed by atoms with Crippen LogP contribution < -0.4 is 4.74 Å². The smallest absolute Gasteiger partial charge is 0.339 e. The van der Waals surface area contributed by atoms with E-state index in [2.05, 4.69) is 36.4 Å². The number of rotatable bonds is 9. The molecule has 216 valence electrons. The van der Waals surface area contributed by atoms with Gasteiger partial charge in [0.1, 0.15) is 16.9 Å². The molecule has 0 amide bonds. The van der Waals surface area contributed by atoms with Gasteiger partial charge in [0.25, 0.3) is 0 Å². The highest BCUT2D eigenvalue weighted by atomic mass is 16.5. The number of fused-ring (bicyclic) bond motifs is 1. The van der Waals surface area contributed by atoms with Crippen LogP contribution in [0.1, 0.15) is 55.6 Å². The number of benzene rings is 5. The van der Waals surface area contributed by atoms with Crippen LogP contribution in [0.2, 0.25) is 0 Å². The van der Waals surface area contributed by atoms with Crippen LogP contribution in [-0.4, -0.2) is 33.7 Å². The number of Topliss-reactive ketones (excluding diaryl/α,β-unsaturated/α-hetero) is 1. The number of aromatic nitrogens is 2. The summed E-state index contributed by atoms with van der Waals surface area (Å²) < 4.78 is 7.77. The third kappa shape index (κ3) is 4.86. The Morgan fingerprint density at radius 3 is 1.82 bits per heavy atom. The van der Waals surface area contributed by atoms with Gasteiger partial charge in [-0.25, -0.2) is 9.48 Å². The molecule has 1 aromatic heterocycles. The van der Waals surface area contributed by atoms with Crippen molar-refractivity contribution in [2.45, 2.75) is 12.5 Å². The van der Waals surface area contributed by atoms with Gasteiger partial charge in [-0.3, -0.25) is 4.79 Å². The van der Waals surface area contributed by atoms with E-state index >= 15 is 0 Å². The van der Waals surface area contributed by atoms with E-state index in [9.17, 15) is 14.7 Å². The lowest BCUT2D eigenvalue weighted by atomic mass is 9.77. The van der Waals surface area contributed by atoms with Crippen LogP contribution in [-0.2, 0) is 5.54 Å². The van der Waals surface area contributed by atoms with Gasteiger partial charge in [0, 0.05) is 5.56 Å². The summed E-state index contributed by atoms with van der Waals surface area (Å²) in [5, 5.41) is 15.9. The lowest BCUT2D eigenvalue weighted by molar-refractivity contribution is 0.0693. The van der Waals surface area contributed by atoms with Gasteiger partial charge in [0.15, 0.2) is 5.78 Å². The predicted molar refractivity (Wildman–Crippen MR) is 173 cm³/mol. The average Bonchev–Trinajstić information content (AvgIpc) is 3.44. The second-order valence-corrected chi connectivity index (χ2v) is 10.5. The highest BCUT2D eigenvalue weighted by molar-refractivity contribution is 6.03. The van der Waals surface area contributed by atoms with Crippen LogP contribution in [0.3, 0.4) is 0 Å². The topological polar surface area (TPSA) is 81.4 Å². The number of ketones is 1. The molecule has 1 heterocycles. The lowest BCUT2D eigenvalue weighted by Crippen LogP contribution is -2.38. The van der Waals surface area contributed by atoms with E-state index in [1.54, 1.807) is 18.2 Å². The Hall–Kier alpha value is -5.75. The van der Waals surface area contributed by atoms with Crippen molar-refractivity contribution in [1.29, 1.82) is 0 Å². The maximum atomic E-state index is 12.3. The summed E-state index contributed by atoms with van der Waals surface area (Å²) in [6.07, 6.45) is 3.72. The van der Waals surface area contributed by atoms with Crippen molar-refractivity contribution in [3.8, 4) is 5.75 Å². The summed E-state index contributed by atoms with van der Waals surface area (Å²) in [5.74, 6) is -0.899. The van der Waals surface area contributed by atoms with Gasteiger partial charge in [-0.1, -0.05) is 115 Å². The quantitative estimate of drug-likeness (QED) is 0.139. The molecule has 6 rings (SSSR count). The number of methoxy groups -OCH3 is 1. The molecule has 0 aliphatic heterocycles. The molecule has 5 aromatic carbocycles. The van der Waals surface area contributed by atoms with Crippen molar-refractivity contribution < 1.29 is 19.4 Å². The molecule has 0 radical (unpaired) electrons. The maximum Gasteiger partial charge on any atom is 0.339 e. The first kappa shape index (κ1) is 28.4. The van der Waals surface area contributed by atoms with Crippen molar-refractivity contribution in [2.24, 2.45) is 0 Å². The molecule has 0 atom stereocenters. The maximum absolute atomic E-state index is 12.3. The van der Waals surface area contributed by atoms with E-state index in [-0.39, 0.29) is 17.1 Å². The van der Waals surface area contributed by atoms with Gasteiger partial charge in [-0.15, -0.1) is 0 Å². The minimum atomic E-state index is -1.10. The van der Waals surface area contributed by atoms with E-state index in [0.29, 0.717) is 22.2 Å². The molecule has 0 spiro atoms. The summed E-state index contributed by atoms with van der Waals surface area (Å²) >= 11 is 0. The molecule has 0 aliphatic carbocycles. The van der Waals surface area contributed by atoms with Crippen LogP contribution >= 0.6 is 0 Å². The molecule has 0 bridgehead atoms. The molecule has 6 aromatic rings. The van der Waals surface area contributed by atoms with Crippen LogP contribution in [0, 0.1) is 0 Å². The number of aromatic carboxylic acids is 1. The number of hydrogen-bond acceptors (Lipinski definition) is 4. The number of nitrogens with zero attached hydrogens (tertiary/aromatic N) is 2. The number of carbonyl (C=O) groups is 2. The number of carboxylic acid groups (broad SMARTS) is 1. The van der Waals surface area contributed by atoms with Gasteiger partial charge in [-0.2, -0.15) is 5.10 Å². The Kier molecular flexibility index (Phi) is 7.65. The molecule has 6 heteroatoms. The Labute approximate surface area is 255 Å². The average molecular weight is 579 g/mol. The monoisotopic (exact) mass is 578 g/mol. The van der Waals surface area contributed by atoms with Crippen molar-refractivity contribution in [2.75, 3.05) is 7.11 Å². The predicted octanol–water partition coefficient (Wildman–Crippen LogP) is 7.96. The fourth-order valence-electron chi connectivity index (χ4n) is 5.90. The molecular weight excluding hydrogens is 548 g/mol. The standard InChI is InChI=1S/C38H30N2O4/c1-26(41)28-14-12-13-27(25-28)21-23-33-35-34(24-22-32(37(42)43)36(35)44-2)40(39-33)38(29-15-6-3-7-16-29,30-17-8-4-9-18-30)31-19-10-5-11-20-31/h3-25H,1-2H3,(H,42,43)/b23-21+. The normalized spacial score (nSPS) is 11.6. The van der Waals surface area contributed by atoms with E-state index in [4.69, 9.17) is 9.84 Å². The van der Waals surface area contributed by atoms with Crippen LogP contribution in [0.4, 0.5) is 0 Å². The number of ether oxygens (including phenoxy) is 1. The molecule has 0 aliphatic rings. The Balaban J connectivity index is 1.74. The Morgan fingerprint density at radius 2 is 1.32 bits per heavy atom. The molecule has 0 saturated heterocycles. The minimum Gasteiger partial charge on any atom is -0.495 e. The van der Waals surface area contributed by atoms with Crippen molar-refractivity contribution in [3.05, 3.63) is 166 Å². The molecular formula is C38H30N2O4. The summed E-state index contributed by atoms with van der Waals surface area (Å²) in [6, 6.07) is 41.2. The third-order valence-electron chi connectivity index (χ3n) is 7.88. The number of carboxylic acids is 1. The van der Waals surface area contributed by atoms with Gasteiger partial charge in [0.05, 0.1) is 23.7 Å². The fraction of sp³-hybridized carbons (Fsp3) is 0.0789. The number of carbonyl (C=O) groups excluding carboxylic acids is 1. The Morgan fingerprint density at radius 1 is 0.750 bits per heavy atom. The second-order valence-electron chi connectivity index (χ2n) is 10.5. The molecule has 0 fully saturated rings. The minimum absolute atomic E-state index is 0.0267. The molecule has 0 saturated carbocycles. The van der Waals surface area contributed by atoms with Gasteiger partial charge >= 0.3 is 5.97 Å². The highest BCUT2D eigenvalue weighted by Crippen LogP contribution is 2.44. The van der Waals surface area contributed by atoms with Crippen LogP contribution in [0.5, 0.6) is 5.75 Å². The number of hydrogen-bond donors (Lipinski definition) is 1.